The Hall–Kier alpha value is -4.60. The molecule has 0 saturated carbocycles. The number of carbonyl (C=O) groups excluding carboxylic acids is 2. The molecule has 1 saturated heterocycles. The first-order chi connectivity index (χ1) is 18.3. The third-order valence-electron chi connectivity index (χ3n) is 6.45. The Kier molecular flexibility index (Phi) is 6.87. The number of anilines is 1. The number of H-pyrrole nitrogens is 1. The van der Waals surface area contributed by atoms with Crippen LogP contribution >= 0.6 is 0 Å². The molecule has 0 aliphatic carbocycles. The molecule has 1 aliphatic rings. The van der Waals surface area contributed by atoms with E-state index in [0.29, 0.717) is 23.6 Å². The number of nitrogen functional groups attached to an aromatic ring is 1. The zero-order valence-corrected chi connectivity index (χ0v) is 20.5. The fourth-order valence-corrected chi connectivity index (χ4v) is 4.29. The molecule has 4 heterocycles. The largest absolute Gasteiger partial charge is 0.384 e. The molecule has 1 aromatic carbocycles. The smallest absolute Gasteiger partial charge is 0.255 e. The van der Waals surface area contributed by atoms with Gasteiger partial charge in [0.2, 0.25) is 5.91 Å². The number of fused-ring (bicyclic) bond motifs is 1. The highest BCUT2D eigenvalue weighted by molar-refractivity contribution is 5.94. The van der Waals surface area contributed by atoms with Crippen LogP contribution in [-0.4, -0.2) is 50.7 Å². The molecular weight excluding hydrogens is 490 g/mol. The van der Waals surface area contributed by atoms with Crippen LogP contribution in [0.4, 0.5) is 14.6 Å². The SMILES string of the molecule is Nc1ccc(/C=C/C(=O)NCc2cc3cc(-c4ccc(C(=O)N5CCC(F)(F)CC5)cn4)ccc3[nH]2)cn1. The lowest BCUT2D eigenvalue weighted by molar-refractivity contribution is -0.116. The van der Waals surface area contributed by atoms with Crippen LogP contribution in [0.3, 0.4) is 0 Å². The lowest BCUT2D eigenvalue weighted by Crippen LogP contribution is -2.42. The fraction of sp³-hybridized carbons (Fsp3) is 0.214. The minimum Gasteiger partial charge on any atom is -0.384 e. The van der Waals surface area contributed by atoms with E-state index in [0.717, 1.165) is 27.7 Å². The van der Waals surface area contributed by atoms with Crippen LogP contribution in [0.15, 0.2) is 67.0 Å². The first-order valence-electron chi connectivity index (χ1n) is 12.2. The normalized spacial score (nSPS) is 15.2. The van der Waals surface area contributed by atoms with Gasteiger partial charge in [-0.3, -0.25) is 14.6 Å². The van der Waals surface area contributed by atoms with Crippen molar-refractivity contribution in [3.05, 3.63) is 83.8 Å². The van der Waals surface area contributed by atoms with Crippen molar-refractivity contribution < 1.29 is 18.4 Å². The van der Waals surface area contributed by atoms with E-state index < -0.39 is 5.92 Å². The molecular formula is C28H26F2N6O2. The van der Waals surface area contributed by atoms with Gasteiger partial charge < -0.3 is 20.9 Å². The van der Waals surface area contributed by atoms with E-state index >= 15 is 0 Å². The number of hydrogen-bond acceptors (Lipinski definition) is 5. The molecule has 1 fully saturated rings. The third kappa shape index (κ3) is 5.86. The van der Waals surface area contributed by atoms with Crippen molar-refractivity contribution in [1.29, 1.82) is 0 Å². The van der Waals surface area contributed by atoms with Crippen LogP contribution in [0, 0.1) is 0 Å². The number of amides is 2. The molecule has 0 bridgehead atoms. The minimum atomic E-state index is -2.70. The summed E-state index contributed by atoms with van der Waals surface area (Å²) in [5.74, 6) is -2.80. The van der Waals surface area contributed by atoms with Gasteiger partial charge in [0.05, 0.1) is 17.8 Å². The van der Waals surface area contributed by atoms with Crippen LogP contribution in [0.1, 0.15) is 34.5 Å². The van der Waals surface area contributed by atoms with Gasteiger partial charge in [-0.15, -0.1) is 0 Å². The zero-order valence-electron chi connectivity index (χ0n) is 20.5. The molecule has 5 rings (SSSR count). The number of aromatic nitrogens is 3. The Morgan fingerprint density at radius 1 is 1.05 bits per heavy atom. The van der Waals surface area contributed by atoms with E-state index in [9.17, 15) is 18.4 Å². The number of rotatable bonds is 6. The van der Waals surface area contributed by atoms with E-state index in [1.54, 1.807) is 36.5 Å². The number of alkyl halides is 2. The molecule has 10 heteroatoms. The van der Waals surface area contributed by atoms with Crippen molar-refractivity contribution in [1.82, 2.24) is 25.2 Å². The summed E-state index contributed by atoms with van der Waals surface area (Å²) in [6, 6.07) is 14.6. The number of hydrogen-bond donors (Lipinski definition) is 3. The maximum atomic E-state index is 13.4. The van der Waals surface area contributed by atoms with Gasteiger partial charge in [-0.05, 0) is 54.1 Å². The van der Waals surface area contributed by atoms with E-state index in [4.69, 9.17) is 5.73 Å². The highest BCUT2D eigenvalue weighted by Gasteiger charge is 2.35. The maximum Gasteiger partial charge on any atom is 0.255 e. The van der Waals surface area contributed by atoms with Gasteiger partial charge in [0, 0.05) is 66.6 Å². The summed E-state index contributed by atoms with van der Waals surface area (Å²) < 4.78 is 26.8. The Balaban J connectivity index is 1.21. The van der Waals surface area contributed by atoms with Crippen molar-refractivity contribution in [3.63, 3.8) is 0 Å². The van der Waals surface area contributed by atoms with Gasteiger partial charge in [0.1, 0.15) is 5.82 Å². The quantitative estimate of drug-likeness (QED) is 0.328. The molecule has 0 atom stereocenters. The topological polar surface area (TPSA) is 117 Å². The molecule has 0 unspecified atom stereocenters. The number of likely N-dealkylation sites (tertiary alicyclic amines) is 1. The monoisotopic (exact) mass is 516 g/mol. The molecule has 2 amide bonds. The Morgan fingerprint density at radius 2 is 1.87 bits per heavy atom. The predicted octanol–water partition coefficient (Wildman–Crippen LogP) is 4.41. The predicted molar refractivity (Wildman–Crippen MR) is 141 cm³/mol. The second-order valence-electron chi connectivity index (χ2n) is 9.24. The second-order valence-corrected chi connectivity index (χ2v) is 9.24. The summed E-state index contributed by atoms with van der Waals surface area (Å²) in [5, 5.41) is 3.79. The van der Waals surface area contributed by atoms with Gasteiger partial charge >= 0.3 is 0 Å². The van der Waals surface area contributed by atoms with Crippen molar-refractivity contribution in [3.8, 4) is 11.3 Å². The summed E-state index contributed by atoms with van der Waals surface area (Å²) in [6.45, 7) is 0.401. The molecule has 1 aliphatic heterocycles. The summed E-state index contributed by atoms with van der Waals surface area (Å²) in [7, 11) is 0. The summed E-state index contributed by atoms with van der Waals surface area (Å²) >= 11 is 0. The molecule has 8 nitrogen and oxygen atoms in total. The van der Waals surface area contributed by atoms with Crippen LogP contribution in [0.25, 0.3) is 28.2 Å². The number of pyridine rings is 2. The zero-order chi connectivity index (χ0) is 26.7. The number of halogens is 2. The number of nitrogens with zero attached hydrogens (tertiary/aromatic N) is 3. The van der Waals surface area contributed by atoms with Crippen molar-refractivity contribution >= 4 is 34.6 Å². The van der Waals surface area contributed by atoms with Crippen LogP contribution in [-0.2, 0) is 11.3 Å². The standard InChI is InChI=1S/C28H26F2N6O2/c29-28(30)9-11-36(12-10-28)27(38)20-4-5-23(32-16-20)19-3-6-24-21(13-19)14-22(35-24)17-34-26(37)8-2-18-1-7-25(31)33-15-18/h1-8,13-16,35H,9-12,17H2,(H2,31,33)(H,34,37)/b8-2+. The van der Waals surface area contributed by atoms with Gasteiger partial charge in [0.25, 0.3) is 11.8 Å². The highest BCUT2D eigenvalue weighted by atomic mass is 19.3. The maximum absolute atomic E-state index is 13.4. The molecule has 3 aromatic heterocycles. The number of piperidine rings is 1. The van der Waals surface area contributed by atoms with Crippen LogP contribution in [0.5, 0.6) is 0 Å². The highest BCUT2D eigenvalue weighted by Crippen LogP contribution is 2.29. The fourth-order valence-electron chi connectivity index (χ4n) is 4.29. The first-order valence-corrected chi connectivity index (χ1v) is 12.2. The summed E-state index contributed by atoms with van der Waals surface area (Å²) in [6.07, 6.45) is 5.55. The summed E-state index contributed by atoms with van der Waals surface area (Å²) in [4.78, 5) is 38.0. The van der Waals surface area contributed by atoms with E-state index in [1.807, 2.05) is 24.3 Å². The molecule has 0 spiro atoms. The van der Waals surface area contributed by atoms with Gasteiger partial charge in [-0.25, -0.2) is 13.8 Å². The minimum absolute atomic E-state index is 0.0386. The first kappa shape index (κ1) is 25.1. The Labute approximate surface area is 217 Å². The van der Waals surface area contributed by atoms with Gasteiger partial charge in [-0.1, -0.05) is 6.07 Å². The van der Waals surface area contributed by atoms with Gasteiger partial charge in [-0.2, -0.15) is 0 Å². The van der Waals surface area contributed by atoms with Crippen LogP contribution in [0.2, 0.25) is 0 Å². The Bertz CT molecular complexity index is 1490. The number of benzene rings is 1. The average Bonchev–Trinajstić information content (AvgIpc) is 3.33. The second kappa shape index (κ2) is 10.4. The lowest BCUT2D eigenvalue weighted by atomic mass is 10.1. The van der Waals surface area contributed by atoms with Crippen molar-refractivity contribution in [2.45, 2.75) is 25.3 Å². The van der Waals surface area contributed by atoms with E-state index in [1.165, 1.54) is 17.2 Å². The molecule has 4 N–H and O–H groups in total. The molecule has 4 aromatic rings. The third-order valence-corrected chi connectivity index (χ3v) is 6.45. The Morgan fingerprint density at radius 3 is 2.58 bits per heavy atom. The summed E-state index contributed by atoms with van der Waals surface area (Å²) in [5.41, 5.74) is 10.0. The van der Waals surface area contributed by atoms with E-state index in [-0.39, 0.29) is 37.7 Å². The van der Waals surface area contributed by atoms with Crippen LogP contribution < -0.4 is 11.1 Å². The lowest BCUT2D eigenvalue weighted by Gasteiger charge is -2.31. The average molecular weight is 517 g/mol. The number of nitrogens with one attached hydrogen (secondary N) is 2. The number of aromatic amines is 1. The number of nitrogens with two attached hydrogens (primary N) is 1. The molecule has 194 valence electrons. The number of carbonyl (C=O) groups is 2. The molecule has 38 heavy (non-hydrogen) atoms. The van der Waals surface area contributed by atoms with E-state index in [2.05, 4.69) is 20.3 Å². The van der Waals surface area contributed by atoms with Crippen molar-refractivity contribution in [2.24, 2.45) is 0 Å². The van der Waals surface area contributed by atoms with Gasteiger partial charge in [0.15, 0.2) is 0 Å². The van der Waals surface area contributed by atoms with Crippen molar-refractivity contribution in [2.75, 3.05) is 18.8 Å². The molecule has 0 radical (unpaired) electrons.